The van der Waals surface area contributed by atoms with Gasteiger partial charge in [-0.1, -0.05) is 34.1 Å². The minimum Gasteiger partial charge on any atom is -0.363 e. The van der Waals surface area contributed by atoms with Crippen molar-refractivity contribution in [3.8, 4) is 0 Å². The SMILES string of the molecule is CCC(C)C1CN(c2cnn(C)c2)C(C(C)C)CN1. The van der Waals surface area contributed by atoms with E-state index in [9.17, 15) is 0 Å². The van der Waals surface area contributed by atoms with Crippen molar-refractivity contribution in [1.82, 2.24) is 15.1 Å². The van der Waals surface area contributed by atoms with Gasteiger partial charge in [0.2, 0.25) is 0 Å². The molecule has 1 saturated heterocycles. The topological polar surface area (TPSA) is 33.1 Å². The average Bonchev–Trinajstić information content (AvgIpc) is 2.83. The van der Waals surface area contributed by atoms with Crippen LogP contribution in [-0.4, -0.2) is 35.0 Å². The summed E-state index contributed by atoms with van der Waals surface area (Å²) in [4.78, 5) is 2.55. The normalized spacial score (nSPS) is 25.9. The number of aromatic nitrogens is 2. The van der Waals surface area contributed by atoms with Gasteiger partial charge >= 0.3 is 0 Å². The number of aryl methyl sites for hydroxylation is 1. The highest BCUT2D eigenvalue weighted by atomic mass is 15.3. The van der Waals surface area contributed by atoms with Crippen molar-refractivity contribution in [2.75, 3.05) is 18.0 Å². The molecule has 0 amide bonds. The molecule has 0 bridgehead atoms. The first-order valence-corrected chi connectivity index (χ1v) is 7.51. The lowest BCUT2D eigenvalue weighted by Gasteiger charge is -2.44. The lowest BCUT2D eigenvalue weighted by atomic mass is 9.92. The summed E-state index contributed by atoms with van der Waals surface area (Å²) in [6.45, 7) is 11.4. The third-order valence-electron chi connectivity index (χ3n) is 4.51. The minimum absolute atomic E-state index is 0.560. The Morgan fingerprint density at radius 1 is 1.42 bits per heavy atom. The van der Waals surface area contributed by atoms with E-state index in [2.05, 4.69) is 49.2 Å². The molecule has 0 radical (unpaired) electrons. The molecule has 1 fully saturated rings. The second-order valence-corrected chi connectivity index (χ2v) is 6.24. The third-order valence-corrected chi connectivity index (χ3v) is 4.51. The fourth-order valence-electron chi connectivity index (χ4n) is 2.91. The Kier molecular flexibility index (Phi) is 4.50. The molecular weight excluding hydrogens is 236 g/mol. The number of nitrogens with one attached hydrogen (secondary N) is 1. The van der Waals surface area contributed by atoms with Crippen LogP contribution in [0.1, 0.15) is 34.1 Å². The molecule has 0 spiro atoms. The standard InChI is InChI=1S/C15H28N4/c1-6-12(4)14-10-19(13-7-17-18(5)9-13)15(8-16-14)11(2)3/h7,9,11-12,14-16H,6,8,10H2,1-5H3. The molecule has 19 heavy (non-hydrogen) atoms. The predicted octanol–water partition coefficient (Wildman–Crippen LogP) is 2.27. The Bertz CT molecular complexity index is 399. The molecule has 0 saturated carbocycles. The van der Waals surface area contributed by atoms with Crippen molar-refractivity contribution in [2.24, 2.45) is 18.9 Å². The maximum atomic E-state index is 4.33. The van der Waals surface area contributed by atoms with Gasteiger partial charge in [0.25, 0.3) is 0 Å². The van der Waals surface area contributed by atoms with E-state index in [4.69, 9.17) is 0 Å². The fraction of sp³-hybridized carbons (Fsp3) is 0.800. The zero-order valence-electron chi connectivity index (χ0n) is 12.9. The molecule has 2 rings (SSSR count). The van der Waals surface area contributed by atoms with Crippen molar-refractivity contribution in [2.45, 2.75) is 46.2 Å². The monoisotopic (exact) mass is 264 g/mol. The van der Waals surface area contributed by atoms with E-state index in [0.717, 1.165) is 13.1 Å². The molecule has 4 heteroatoms. The Labute approximate surface area is 117 Å². The van der Waals surface area contributed by atoms with Gasteiger partial charge in [0.05, 0.1) is 11.9 Å². The van der Waals surface area contributed by atoms with Crippen LogP contribution < -0.4 is 10.2 Å². The summed E-state index contributed by atoms with van der Waals surface area (Å²) in [5, 5.41) is 8.07. The Hall–Kier alpha value is -1.03. The van der Waals surface area contributed by atoms with Crippen LogP contribution in [0.2, 0.25) is 0 Å². The quantitative estimate of drug-likeness (QED) is 0.905. The first-order chi connectivity index (χ1) is 9.02. The number of hydrogen-bond donors (Lipinski definition) is 1. The number of nitrogens with zero attached hydrogens (tertiary/aromatic N) is 3. The molecule has 4 nitrogen and oxygen atoms in total. The zero-order valence-corrected chi connectivity index (χ0v) is 12.9. The molecule has 1 aromatic heterocycles. The molecule has 3 unspecified atom stereocenters. The van der Waals surface area contributed by atoms with Crippen LogP contribution in [0, 0.1) is 11.8 Å². The van der Waals surface area contributed by atoms with Gasteiger partial charge in [-0.15, -0.1) is 0 Å². The van der Waals surface area contributed by atoms with Gasteiger partial charge in [0.1, 0.15) is 0 Å². The molecule has 108 valence electrons. The summed E-state index contributed by atoms with van der Waals surface area (Å²) < 4.78 is 1.90. The van der Waals surface area contributed by atoms with Gasteiger partial charge in [-0.25, -0.2) is 0 Å². The van der Waals surface area contributed by atoms with Gasteiger partial charge in [-0.05, 0) is 11.8 Å². The average molecular weight is 264 g/mol. The predicted molar refractivity (Wildman–Crippen MR) is 80.4 cm³/mol. The number of hydrogen-bond acceptors (Lipinski definition) is 3. The van der Waals surface area contributed by atoms with Crippen molar-refractivity contribution < 1.29 is 0 Å². The van der Waals surface area contributed by atoms with Gasteiger partial charge < -0.3 is 10.2 Å². The van der Waals surface area contributed by atoms with Gasteiger partial charge in [0.15, 0.2) is 0 Å². The van der Waals surface area contributed by atoms with Gasteiger partial charge in [-0.2, -0.15) is 5.10 Å². The number of rotatable bonds is 4. The highest BCUT2D eigenvalue weighted by molar-refractivity contribution is 5.45. The molecule has 1 aromatic rings. The van der Waals surface area contributed by atoms with Crippen LogP contribution in [0.25, 0.3) is 0 Å². The van der Waals surface area contributed by atoms with E-state index in [1.54, 1.807) is 0 Å². The van der Waals surface area contributed by atoms with Gasteiger partial charge in [-0.3, -0.25) is 4.68 Å². The van der Waals surface area contributed by atoms with Gasteiger partial charge in [0, 0.05) is 38.4 Å². The van der Waals surface area contributed by atoms with E-state index in [1.165, 1.54) is 12.1 Å². The van der Waals surface area contributed by atoms with Crippen molar-refractivity contribution in [3.63, 3.8) is 0 Å². The summed E-state index contributed by atoms with van der Waals surface area (Å²) in [5.74, 6) is 1.36. The summed E-state index contributed by atoms with van der Waals surface area (Å²) in [6, 6.07) is 1.14. The smallest absolute Gasteiger partial charge is 0.0755 e. The zero-order chi connectivity index (χ0) is 14.0. The number of piperazine rings is 1. The van der Waals surface area contributed by atoms with E-state index in [1.807, 2.05) is 17.9 Å². The van der Waals surface area contributed by atoms with Crippen molar-refractivity contribution >= 4 is 5.69 Å². The minimum atomic E-state index is 0.560. The van der Waals surface area contributed by atoms with Crippen molar-refractivity contribution in [3.05, 3.63) is 12.4 Å². The Morgan fingerprint density at radius 2 is 2.16 bits per heavy atom. The molecule has 1 aliphatic heterocycles. The van der Waals surface area contributed by atoms with E-state index >= 15 is 0 Å². The fourth-order valence-corrected chi connectivity index (χ4v) is 2.91. The van der Waals surface area contributed by atoms with Crippen LogP contribution >= 0.6 is 0 Å². The van der Waals surface area contributed by atoms with Crippen LogP contribution in [0.15, 0.2) is 12.4 Å². The Morgan fingerprint density at radius 3 is 2.68 bits per heavy atom. The highest BCUT2D eigenvalue weighted by Gasteiger charge is 2.32. The molecule has 0 aromatic carbocycles. The van der Waals surface area contributed by atoms with Crippen LogP contribution in [0.5, 0.6) is 0 Å². The van der Waals surface area contributed by atoms with Crippen molar-refractivity contribution in [1.29, 1.82) is 0 Å². The molecule has 2 heterocycles. The molecule has 0 aliphatic carbocycles. The second kappa shape index (κ2) is 5.95. The second-order valence-electron chi connectivity index (χ2n) is 6.24. The summed E-state index contributed by atoms with van der Waals surface area (Å²) in [7, 11) is 1.99. The largest absolute Gasteiger partial charge is 0.363 e. The third kappa shape index (κ3) is 3.11. The molecule has 1 aliphatic rings. The Balaban J connectivity index is 2.17. The lowest BCUT2D eigenvalue weighted by Crippen LogP contribution is -2.60. The first kappa shape index (κ1) is 14.4. The summed E-state index contributed by atoms with van der Waals surface area (Å²) in [6.07, 6.45) is 5.35. The lowest BCUT2D eigenvalue weighted by molar-refractivity contribution is 0.281. The highest BCUT2D eigenvalue weighted by Crippen LogP contribution is 2.25. The van der Waals surface area contributed by atoms with Crippen LogP contribution in [0.4, 0.5) is 5.69 Å². The molecule has 3 atom stereocenters. The summed E-state index contributed by atoms with van der Waals surface area (Å²) in [5.41, 5.74) is 1.26. The molecular formula is C15H28N4. The molecule has 1 N–H and O–H groups in total. The van der Waals surface area contributed by atoms with E-state index in [0.29, 0.717) is 23.9 Å². The summed E-state index contributed by atoms with van der Waals surface area (Å²) >= 11 is 0. The first-order valence-electron chi connectivity index (χ1n) is 7.51. The van der Waals surface area contributed by atoms with Crippen LogP contribution in [-0.2, 0) is 7.05 Å². The maximum Gasteiger partial charge on any atom is 0.0755 e. The van der Waals surface area contributed by atoms with E-state index in [-0.39, 0.29) is 0 Å². The number of anilines is 1. The van der Waals surface area contributed by atoms with Crippen LogP contribution in [0.3, 0.4) is 0 Å². The maximum absolute atomic E-state index is 4.33. The van der Waals surface area contributed by atoms with E-state index < -0.39 is 0 Å².